The van der Waals surface area contributed by atoms with Gasteiger partial charge in [-0.15, -0.1) is 0 Å². The molecule has 0 heterocycles. The number of rotatable bonds is 6. The Morgan fingerprint density at radius 3 is 2.15 bits per heavy atom. The van der Waals surface area contributed by atoms with Crippen molar-refractivity contribution in [3.8, 4) is 0 Å². The van der Waals surface area contributed by atoms with Gasteiger partial charge in [0.25, 0.3) is 0 Å². The molecule has 0 aromatic carbocycles. The van der Waals surface area contributed by atoms with Crippen LogP contribution >= 0.6 is 0 Å². The summed E-state index contributed by atoms with van der Waals surface area (Å²) in [7, 11) is 0. The average Bonchev–Trinajstić information content (AvgIpc) is 2.02. The Labute approximate surface area is 82.2 Å². The summed E-state index contributed by atoms with van der Waals surface area (Å²) in [5, 5.41) is 0. The minimum absolute atomic E-state index is 0.200. The van der Waals surface area contributed by atoms with Crippen molar-refractivity contribution < 1.29 is 4.39 Å². The summed E-state index contributed by atoms with van der Waals surface area (Å²) in [5.41, 5.74) is 0. The van der Waals surface area contributed by atoms with E-state index in [2.05, 4.69) is 39.8 Å². The zero-order chi connectivity index (χ0) is 10.3. The molecule has 0 radical (unpaired) electrons. The molecule has 0 saturated heterocycles. The van der Waals surface area contributed by atoms with E-state index in [-0.39, 0.29) is 6.67 Å². The molecule has 0 N–H and O–H groups in total. The first-order valence-corrected chi connectivity index (χ1v) is 5.30. The van der Waals surface area contributed by atoms with Crippen LogP contribution in [0, 0.1) is 17.8 Å². The van der Waals surface area contributed by atoms with Gasteiger partial charge in [-0.1, -0.05) is 39.8 Å². The Kier molecular flexibility index (Phi) is 6.93. The molecule has 0 aliphatic heterocycles. The van der Waals surface area contributed by atoms with Crippen molar-refractivity contribution in [1.82, 2.24) is 0 Å². The summed E-state index contributed by atoms with van der Waals surface area (Å²) in [4.78, 5) is 0. The standard InChI is InChI=1S/C12H23F/c1-10(2)6-5-7-12(8-9-13)11(3)4/h5,7,10-12H,6,8-9H2,1-4H3/b7-5-. The third-order valence-electron chi connectivity index (χ3n) is 2.29. The van der Waals surface area contributed by atoms with Gasteiger partial charge in [-0.05, 0) is 30.6 Å². The summed E-state index contributed by atoms with van der Waals surface area (Å²) < 4.78 is 12.2. The minimum Gasteiger partial charge on any atom is -0.251 e. The lowest BCUT2D eigenvalue weighted by Crippen LogP contribution is -2.06. The first-order chi connectivity index (χ1) is 6.07. The molecule has 0 aromatic rings. The fourth-order valence-corrected chi connectivity index (χ4v) is 1.30. The summed E-state index contributed by atoms with van der Waals surface area (Å²) in [6, 6.07) is 0. The second-order valence-corrected chi connectivity index (χ2v) is 4.44. The minimum atomic E-state index is -0.200. The van der Waals surface area contributed by atoms with Crippen molar-refractivity contribution >= 4 is 0 Å². The molecule has 0 aliphatic carbocycles. The van der Waals surface area contributed by atoms with Gasteiger partial charge in [0.05, 0.1) is 6.67 Å². The van der Waals surface area contributed by atoms with Crippen molar-refractivity contribution in [2.75, 3.05) is 6.67 Å². The highest BCUT2D eigenvalue weighted by molar-refractivity contribution is 4.90. The molecule has 0 aromatic heterocycles. The maximum absolute atomic E-state index is 12.2. The van der Waals surface area contributed by atoms with Gasteiger partial charge in [-0.2, -0.15) is 0 Å². The molecule has 1 unspecified atom stereocenters. The molecule has 1 heteroatoms. The SMILES string of the molecule is CC(C)C/C=C\C(CCF)C(C)C. The second kappa shape index (κ2) is 7.11. The largest absolute Gasteiger partial charge is 0.251 e. The van der Waals surface area contributed by atoms with E-state index in [9.17, 15) is 4.39 Å². The number of alkyl halides is 1. The topological polar surface area (TPSA) is 0 Å². The summed E-state index contributed by atoms with van der Waals surface area (Å²) in [5.74, 6) is 1.68. The Morgan fingerprint density at radius 1 is 1.15 bits per heavy atom. The molecule has 78 valence electrons. The highest BCUT2D eigenvalue weighted by atomic mass is 19.1. The second-order valence-electron chi connectivity index (χ2n) is 4.44. The molecular formula is C12H23F. The van der Waals surface area contributed by atoms with Crippen LogP contribution in [-0.2, 0) is 0 Å². The van der Waals surface area contributed by atoms with Crippen molar-refractivity contribution in [3.05, 3.63) is 12.2 Å². The molecule has 0 spiro atoms. The van der Waals surface area contributed by atoms with Crippen LogP contribution < -0.4 is 0 Å². The summed E-state index contributed by atoms with van der Waals surface area (Å²) >= 11 is 0. The van der Waals surface area contributed by atoms with E-state index in [0.29, 0.717) is 24.2 Å². The van der Waals surface area contributed by atoms with E-state index < -0.39 is 0 Å². The van der Waals surface area contributed by atoms with E-state index in [1.807, 2.05) is 0 Å². The summed E-state index contributed by atoms with van der Waals surface area (Å²) in [6.45, 7) is 8.50. The first kappa shape index (κ1) is 12.7. The van der Waals surface area contributed by atoms with E-state index in [1.54, 1.807) is 0 Å². The molecule has 0 fully saturated rings. The molecule has 0 nitrogen and oxygen atoms in total. The highest BCUT2D eigenvalue weighted by Gasteiger charge is 2.08. The number of hydrogen-bond acceptors (Lipinski definition) is 0. The monoisotopic (exact) mass is 186 g/mol. The van der Waals surface area contributed by atoms with Gasteiger partial charge in [0, 0.05) is 0 Å². The molecule has 0 bridgehead atoms. The van der Waals surface area contributed by atoms with Crippen LogP contribution in [0.3, 0.4) is 0 Å². The molecular weight excluding hydrogens is 163 g/mol. The van der Waals surface area contributed by atoms with Crippen molar-refractivity contribution in [1.29, 1.82) is 0 Å². The van der Waals surface area contributed by atoms with E-state index in [1.165, 1.54) is 0 Å². The summed E-state index contributed by atoms with van der Waals surface area (Å²) in [6.07, 6.45) is 6.16. The van der Waals surface area contributed by atoms with Gasteiger partial charge in [-0.25, -0.2) is 0 Å². The highest BCUT2D eigenvalue weighted by Crippen LogP contribution is 2.17. The zero-order valence-corrected chi connectivity index (χ0v) is 9.39. The van der Waals surface area contributed by atoms with Crippen LogP contribution in [0.25, 0.3) is 0 Å². The van der Waals surface area contributed by atoms with E-state index in [0.717, 1.165) is 6.42 Å². The molecule has 0 rings (SSSR count). The lowest BCUT2D eigenvalue weighted by Gasteiger charge is -2.14. The van der Waals surface area contributed by atoms with Crippen LogP contribution in [0.1, 0.15) is 40.5 Å². The predicted octanol–water partition coefficient (Wildman–Crippen LogP) is 4.22. The predicted molar refractivity (Wildman–Crippen MR) is 57.5 cm³/mol. The van der Waals surface area contributed by atoms with Crippen molar-refractivity contribution in [2.24, 2.45) is 17.8 Å². The van der Waals surface area contributed by atoms with Crippen LogP contribution in [0.4, 0.5) is 4.39 Å². The maximum atomic E-state index is 12.2. The van der Waals surface area contributed by atoms with Crippen LogP contribution in [0.5, 0.6) is 0 Å². The normalized spacial score (nSPS) is 14.7. The number of halogens is 1. The van der Waals surface area contributed by atoms with E-state index >= 15 is 0 Å². The van der Waals surface area contributed by atoms with Crippen LogP contribution in [0.15, 0.2) is 12.2 Å². The zero-order valence-electron chi connectivity index (χ0n) is 9.39. The fraction of sp³-hybridized carbons (Fsp3) is 0.833. The smallest absolute Gasteiger partial charge is 0.0900 e. The van der Waals surface area contributed by atoms with Gasteiger partial charge in [0.2, 0.25) is 0 Å². The van der Waals surface area contributed by atoms with Crippen LogP contribution in [0.2, 0.25) is 0 Å². The van der Waals surface area contributed by atoms with Gasteiger partial charge in [0.1, 0.15) is 0 Å². The third kappa shape index (κ3) is 6.80. The maximum Gasteiger partial charge on any atom is 0.0900 e. The van der Waals surface area contributed by atoms with Gasteiger partial charge in [-0.3, -0.25) is 4.39 Å². The van der Waals surface area contributed by atoms with Gasteiger partial charge >= 0.3 is 0 Å². The lowest BCUT2D eigenvalue weighted by molar-refractivity contribution is 0.365. The molecule has 13 heavy (non-hydrogen) atoms. The van der Waals surface area contributed by atoms with Gasteiger partial charge < -0.3 is 0 Å². The third-order valence-corrected chi connectivity index (χ3v) is 2.29. The van der Waals surface area contributed by atoms with Crippen molar-refractivity contribution in [2.45, 2.75) is 40.5 Å². The van der Waals surface area contributed by atoms with Gasteiger partial charge in [0.15, 0.2) is 0 Å². The number of hydrogen-bond donors (Lipinski definition) is 0. The van der Waals surface area contributed by atoms with E-state index in [4.69, 9.17) is 0 Å². The molecule has 0 aliphatic rings. The Hall–Kier alpha value is -0.330. The molecule has 0 amide bonds. The lowest BCUT2D eigenvalue weighted by atomic mass is 9.92. The Balaban J connectivity index is 3.86. The quantitative estimate of drug-likeness (QED) is 0.545. The molecule has 0 saturated carbocycles. The first-order valence-electron chi connectivity index (χ1n) is 5.30. The van der Waals surface area contributed by atoms with Crippen LogP contribution in [-0.4, -0.2) is 6.67 Å². The fourth-order valence-electron chi connectivity index (χ4n) is 1.30. The van der Waals surface area contributed by atoms with Crippen molar-refractivity contribution in [3.63, 3.8) is 0 Å². The Bertz CT molecular complexity index is 136. The number of allylic oxidation sites excluding steroid dienone is 2. The Morgan fingerprint density at radius 2 is 1.77 bits per heavy atom. The molecule has 1 atom stereocenters. The average molecular weight is 186 g/mol.